The lowest BCUT2D eigenvalue weighted by atomic mass is 9.94. The zero-order valence-corrected chi connectivity index (χ0v) is 12.8. The molecule has 1 aliphatic rings. The van der Waals surface area contributed by atoms with Gasteiger partial charge in [-0.25, -0.2) is 0 Å². The standard InChI is InChI=1S/C15H25N3O2/c1-15(8-4-5-10-20-15)14(19)17(2)9-6-7-13-11-16-18(3)12-13/h11-12H,4-10H2,1-3H3. The second kappa shape index (κ2) is 6.39. The van der Waals surface area contributed by atoms with Crippen LogP contribution >= 0.6 is 0 Å². The monoisotopic (exact) mass is 279 g/mol. The van der Waals surface area contributed by atoms with Gasteiger partial charge in [0.2, 0.25) is 0 Å². The predicted molar refractivity (Wildman–Crippen MR) is 77.4 cm³/mol. The second-order valence-electron chi connectivity index (χ2n) is 5.89. The summed E-state index contributed by atoms with van der Waals surface area (Å²) in [7, 11) is 3.79. The molecule has 1 atom stereocenters. The first-order valence-corrected chi connectivity index (χ1v) is 7.38. The molecule has 112 valence electrons. The quantitative estimate of drug-likeness (QED) is 0.825. The molecule has 1 amide bonds. The van der Waals surface area contributed by atoms with Gasteiger partial charge in [0.05, 0.1) is 6.20 Å². The number of likely N-dealkylation sites (N-methyl/N-ethyl adjacent to an activating group) is 1. The molecule has 0 aliphatic carbocycles. The van der Waals surface area contributed by atoms with E-state index >= 15 is 0 Å². The number of aryl methyl sites for hydroxylation is 2. The van der Waals surface area contributed by atoms with Crippen LogP contribution in [0.3, 0.4) is 0 Å². The highest BCUT2D eigenvalue weighted by Gasteiger charge is 2.37. The summed E-state index contributed by atoms with van der Waals surface area (Å²) in [4.78, 5) is 14.3. The predicted octanol–water partition coefficient (Wildman–Crippen LogP) is 1.77. The van der Waals surface area contributed by atoms with E-state index < -0.39 is 5.60 Å². The fraction of sp³-hybridized carbons (Fsp3) is 0.733. The van der Waals surface area contributed by atoms with Crippen LogP contribution in [0.4, 0.5) is 0 Å². The molecule has 1 unspecified atom stereocenters. The molecular weight excluding hydrogens is 254 g/mol. The van der Waals surface area contributed by atoms with E-state index in [0.29, 0.717) is 6.61 Å². The first-order chi connectivity index (χ1) is 9.51. The first kappa shape index (κ1) is 15.0. The fourth-order valence-corrected chi connectivity index (χ4v) is 2.73. The molecule has 0 N–H and O–H groups in total. The van der Waals surface area contributed by atoms with Gasteiger partial charge in [0.25, 0.3) is 5.91 Å². The maximum Gasteiger partial charge on any atom is 0.254 e. The van der Waals surface area contributed by atoms with Crippen LogP contribution in [0.15, 0.2) is 12.4 Å². The molecule has 1 fully saturated rings. The Morgan fingerprint density at radius 2 is 2.35 bits per heavy atom. The van der Waals surface area contributed by atoms with Gasteiger partial charge in [0.1, 0.15) is 5.60 Å². The molecule has 1 saturated heterocycles. The van der Waals surface area contributed by atoms with Gasteiger partial charge in [-0.3, -0.25) is 9.48 Å². The van der Waals surface area contributed by atoms with Crippen molar-refractivity contribution in [3.05, 3.63) is 18.0 Å². The van der Waals surface area contributed by atoms with Crippen molar-refractivity contribution in [3.8, 4) is 0 Å². The molecule has 1 aromatic heterocycles. The second-order valence-corrected chi connectivity index (χ2v) is 5.89. The lowest BCUT2D eigenvalue weighted by Gasteiger charge is -2.35. The molecule has 0 spiro atoms. The number of hydrogen-bond acceptors (Lipinski definition) is 3. The van der Waals surface area contributed by atoms with Crippen LogP contribution in [-0.2, 0) is 23.0 Å². The number of ether oxygens (including phenoxy) is 1. The van der Waals surface area contributed by atoms with E-state index in [2.05, 4.69) is 5.10 Å². The van der Waals surface area contributed by atoms with Crippen LogP contribution < -0.4 is 0 Å². The Bertz CT molecular complexity index is 450. The van der Waals surface area contributed by atoms with Crippen molar-refractivity contribution in [2.45, 2.75) is 44.6 Å². The number of aromatic nitrogens is 2. The zero-order valence-electron chi connectivity index (χ0n) is 12.8. The van der Waals surface area contributed by atoms with Gasteiger partial charge >= 0.3 is 0 Å². The molecule has 1 aromatic rings. The zero-order chi connectivity index (χ0) is 14.6. The van der Waals surface area contributed by atoms with E-state index in [0.717, 1.165) is 38.6 Å². The summed E-state index contributed by atoms with van der Waals surface area (Å²) in [5, 5.41) is 4.15. The SMILES string of the molecule is CN(CCCc1cnn(C)c1)C(=O)C1(C)CCCCO1. The Hall–Kier alpha value is -1.36. The van der Waals surface area contributed by atoms with E-state index in [-0.39, 0.29) is 5.91 Å². The largest absolute Gasteiger partial charge is 0.365 e. The highest BCUT2D eigenvalue weighted by molar-refractivity contribution is 5.84. The van der Waals surface area contributed by atoms with Crippen LogP contribution in [0.1, 0.15) is 38.2 Å². The number of carbonyl (C=O) groups excluding carboxylic acids is 1. The normalized spacial score (nSPS) is 22.8. The van der Waals surface area contributed by atoms with Crippen molar-refractivity contribution in [1.29, 1.82) is 0 Å². The molecule has 5 nitrogen and oxygen atoms in total. The van der Waals surface area contributed by atoms with E-state index in [1.54, 1.807) is 4.68 Å². The third kappa shape index (κ3) is 3.60. The highest BCUT2D eigenvalue weighted by atomic mass is 16.5. The molecule has 5 heteroatoms. The average Bonchev–Trinajstić information content (AvgIpc) is 2.84. The van der Waals surface area contributed by atoms with E-state index in [9.17, 15) is 4.79 Å². The van der Waals surface area contributed by atoms with Crippen molar-refractivity contribution in [1.82, 2.24) is 14.7 Å². The van der Waals surface area contributed by atoms with Crippen LogP contribution in [0, 0.1) is 0 Å². The summed E-state index contributed by atoms with van der Waals surface area (Å²) in [6, 6.07) is 0. The van der Waals surface area contributed by atoms with E-state index in [1.807, 2.05) is 38.3 Å². The Labute approximate surface area is 120 Å². The van der Waals surface area contributed by atoms with Crippen molar-refractivity contribution >= 4 is 5.91 Å². The van der Waals surface area contributed by atoms with Gasteiger partial charge in [-0.1, -0.05) is 0 Å². The van der Waals surface area contributed by atoms with Crippen LogP contribution in [-0.4, -0.2) is 46.4 Å². The first-order valence-electron chi connectivity index (χ1n) is 7.38. The van der Waals surface area contributed by atoms with E-state index in [4.69, 9.17) is 4.74 Å². The van der Waals surface area contributed by atoms with Crippen LogP contribution in [0.5, 0.6) is 0 Å². The van der Waals surface area contributed by atoms with Gasteiger partial charge in [-0.05, 0) is 44.6 Å². The van der Waals surface area contributed by atoms with Gasteiger partial charge in [-0.15, -0.1) is 0 Å². The maximum atomic E-state index is 12.5. The molecular formula is C15H25N3O2. The van der Waals surface area contributed by atoms with Crippen molar-refractivity contribution in [3.63, 3.8) is 0 Å². The number of amides is 1. The minimum Gasteiger partial charge on any atom is -0.365 e. The average molecular weight is 279 g/mol. The lowest BCUT2D eigenvalue weighted by Crippen LogP contribution is -2.49. The smallest absolute Gasteiger partial charge is 0.254 e. The molecule has 2 heterocycles. The molecule has 2 rings (SSSR count). The highest BCUT2D eigenvalue weighted by Crippen LogP contribution is 2.26. The number of carbonyl (C=O) groups is 1. The summed E-state index contributed by atoms with van der Waals surface area (Å²) in [5.74, 6) is 0.114. The Morgan fingerprint density at radius 3 is 2.95 bits per heavy atom. The van der Waals surface area contributed by atoms with Crippen molar-refractivity contribution in [2.75, 3.05) is 20.2 Å². The number of hydrogen-bond donors (Lipinski definition) is 0. The molecule has 20 heavy (non-hydrogen) atoms. The van der Waals surface area contributed by atoms with E-state index in [1.165, 1.54) is 5.56 Å². The lowest BCUT2D eigenvalue weighted by molar-refractivity contribution is -0.160. The van der Waals surface area contributed by atoms with Crippen molar-refractivity contribution in [2.24, 2.45) is 7.05 Å². The third-order valence-electron chi connectivity index (χ3n) is 3.99. The minimum atomic E-state index is -0.610. The number of nitrogens with zero attached hydrogens (tertiary/aromatic N) is 3. The Kier molecular flexibility index (Phi) is 4.81. The molecule has 0 aromatic carbocycles. The Morgan fingerprint density at radius 1 is 1.55 bits per heavy atom. The minimum absolute atomic E-state index is 0.114. The molecule has 0 bridgehead atoms. The third-order valence-corrected chi connectivity index (χ3v) is 3.99. The summed E-state index contributed by atoms with van der Waals surface area (Å²) in [6.07, 6.45) is 8.77. The van der Waals surface area contributed by atoms with Crippen LogP contribution in [0.25, 0.3) is 0 Å². The maximum absolute atomic E-state index is 12.5. The summed E-state index contributed by atoms with van der Waals surface area (Å²) < 4.78 is 7.52. The van der Waals surface area contributed by atoms with Gasteiger partial charge in [0.15, 0.2) is 0 Å². The van der Waals surface area contributed by atoms with Gasteiger partial charge in [0, 0.05) is 33.4 Å². The van der Waals surface area contributed by atoms with Crippen LogP contribution in [0.2, 0.25) is 0 Å². The molecule has 0 radical (unpaired) electrons. The van der Waals surface area contributed by atoms with Gasteiger partial charge in [-0.2, -0.15) is 5.10 Å². The van der Waals surface area contributed by atoms with Crippen molar-refractivity contribution < 1.29 is 9.53 Å². The summed E-state index contributed by atoms with van der Waals surface area (Å²) >= 11 is 0. The Balaban J connectivity index is 1.79. The fourth-order valence-electron chi connectivity index (χ4n) is 2.73. The molecule has 0 saturated carbocycles. The number of rotatable bonds is 5. The van der Waals surface area contributed by atoms with Gasteiger partial charge < -0.3 is 9.64 Å². The summed E-state index contributed by atoms with van der Waals surface area (Å²) in [5.41, 5.74) is 0.606. The topological polar surface area (TPSA) is 47.4 Å². The summed E-state index contributed by atoms with van der Waals surface area (Å²) in [6.45, 7) is 3.38. The molecule has 1 aliphatic heterocycles.